The average molecular weight is 408 g/mol. The molecule has 0 radical (unpaired) electrons. The van der Waals surface area contributed by atoms with Crippen LogP contribution >= 0.6 is 31.9 Å². The Morgan fingerprint density at radius 3 is 2.48 bits per heavy atom. The van der Waals surface area contributed by atoms with Crippen molar-refractivity contribution in [3.05, 3.63) is 63.1 Å². The molecule has 1 aromatic heterocycles. The minimum atomic E-state index is 0.669. The van der Waals surface area contributed by atoms with Gasteiger partial charge in [-0.15, -0.1) is 0 Å². The first-order valence-corrected chi connectivity index (χ1v) is 7.99. The lowest BCUT2D eigenvalue weighted by Crippen LogP contribution is -1.98. The Morgan fingerprint density at radius 1 is 1.00 bits per heavy atom. The first kappa shape index (κ1) is 14.5. The van der Waals surface area contributed by atoms with Gasteiger partial charge in [0.25, 0.3) is 0 Å². The number of nitrogens with zero attached hydrogens (tertiary/aromatic N) is 2. The second-order valence-corrected chi connectivity index (χ2v) is 6.24. The normalized spacial score (nSPS) is 10.8. The van der Waals surface area contributed by atoms with Gasteiger partial charge in [0.15, 0.2) is 0 Å². The topological polar surface area (TPSA) is 35.0 Å². The molecular formula is C16H12Br2N2O. The van der Waals surface area contributed by atoms with Crippen molar-refractivity contribution in [3.8, 4) is 5.75 Å². The number of benzene rings is 2. The second kappa shape index (κ2) is 6.12. The first-order valence-electron chi connectivity index (χ1n) is 6.40. The summed E-state index contributed by atoms with van der Waals surface area (Å²) in [7, 11) is 1.68. The van der Waals surface area contributed by atoms with Crippen molar-refractivity contribution in [3.63, 3.8) is 0 Å². The van der Waals surface area contributed by atoms with Crippen LogP contribution in [0, 0.1) is 0 Å². The highest BCUT2D eigenvalue weighted by atomic mass is 79.9. The molecule has 0 atom stereocenters. The van der Waals surface area contributed by atoms with E-state index in [4.69, 9.17) is 4.74 Å². The van der Waals surface area contributed by atoms with Gasteiger partial charge in [0, 0.05) is 12.5 Å². The van der Waals surface area contributed by atoms with Gasteiger partial charge in [-0.3, -0.25) is 0 Å². The van der Waals surface area contributed by atoms with E-state index in [0.717, 1.165) is 26.2 Å². The van der Waals surface area contributed by atoms with E-state index < -0.39 is 0 Å². The molecule has 3 rings (SSSR count). The van der Waals surface area contributed by atoms with Gasteiger partial charge in [-0.1, -0.05) is 24.3 Å². The maximum Gasteiger partial charge on any atom is 0.135 e. The summed E-state index contributed by atoms with van der Waals surface area (Å²) in [5.41, 5.74) is 1.18. The smallest absolute Gasteiger partial charge is 0.135 e. The predicted octanol–water partition coefficient (Wildman–Crippen LogP) is 4.75. The van der Waals surface area contributed by atoms with E-state index in [0.29, 0.717) is 6.42 Å². The molecule has 0 saturated carbocycles. The van der Waals surface area contributed by atoms with Gasteiger partial charge in [0.1, 0.15) is 20.8 Å². The van der Waals surface area contributed by atoms with Crippen LogP contribution in [0.25, 0.3) is 10.8 Å². The summed E-state index contributed by atoms with van der Waals surface area (Å²) in [4.78, 5) is 8.85. The molecule has 0 saturated heterocycles. The molecule has 5 heteroatoms. The molecule has 0 aliphatic rings. The molecule has 1 heterocycles. The summed E-state index contributed by atoms with van der Waals surface area (Å²) < 4.78 is 6.87. The van der Waals surface area contributed by atoms with Crippen molar-refractivity contribution in [2.24, 2.45) is 0 Å². The largest absolute Gasteiger partial charge is 0.497 e. The number of methoxy groups -OCH3 is 1. The highest BCUT2D eigenvalue weighted by Gasteiger charge is 2.07. The van der Waals surface area contributed by atoms with Crippen LogP contribution in [-0.4, -0.2) is 17.1 Å². The fourth-order valence-corrected chi connectivity index (χ4v) is 3.43. The molecule has 0 aliphatic carbocycles. The van der Waals surface area contributed by atoms with Crippen LogP contribution in [0.15, 0.2) is 51.7 Å². The van der Waals surface area contributed by atoms with E-state index in [1.54, 1.807) is 7.11 Å². The van der Waals surface area contributed by atoms with Crippen LogP contribution in [0.2, 0.25) is 0 Å². The quantitative estimate of drug-likeness (QED) is 0.587. The summed E-state index contributed by atoms with van der Waals surface area (Å²) in [6.45, 7) is 0. The van der Waals surface area contributed by atoms with Gasteiger partial charge >= 0.3 is 0 Å². The molecule has 3 aromatic rings. The van der Waals surface area contributed by atoms with Gasteiger partial charge in [-0.2, -0.15) is 0 Å². The summed E-state index contributed by atoms with van der Waals surface area (Å²) in [5.74, 6) is 1.62. The molecule has 0 amide bonds. The minimum Gasteiger partial charge on any atom is -0.497 e. The third-order valence-corrected chi connectivity index (χ3v) is 4.05. The molecule has 0 aliphatic heterocycles. The fourth-order valence-electron chi connectivity index (χ4n) is 2.28. The molecule has 0 fully saturated rings. The molecule has 106 valence electrons. The highest BCUT2D eigenvalue weighted by Crippen LogP contribution is 2.25. The Labute approximate surface area is 139 Å². The highest BCUT2D eigenvalue weighted by molar-refractivity contribution is 9.11. The maximum absolute atomic E-state index is 5.32. The van der Waals surface area contributed by atoms with Crippen LogP contribution in [0.4, 0.5) is 0 Å². The Bertz CT molecular complexity index is 785. The van der Waals surface area contributed by atoms with Crippen LogP contribution in [0.1, 0.15) is 11.4 Å². The SMILES string of the molecule is COc1ccc2cccc(Cc3nc(Br)cc(Br)n3)c2c1. The number of fused-ring (bicyclic) bond motifs is 1. The molecule has 0 N–H and O–H groups in total. The lowest BCUT2D eigenvalue weighted by atomic mass is 10.0. The van der Waals surface area contributed by atoms with E-state index in [9.17, 15) is 0 Å². The number of rotatable bonds is 3. The zero-order chi connectivity index (χ0) is 14.8. The molecule has 3 nitrogen and oxygen atoms in total. The maximum atomic E-state index is 5.32. The fraction of sp³-hybridized carbons (Fsp3) is 0.125. The molecule has 0 spiro atoms. The number of ether oxygens (including phenoxy) is 1. The third-order valence-electron chi connectivity index (χ3n) is 3.24. The van der Waals surface area contributed by atoms with Crippen LogP contribution < -0.4 is 4.74 Å². The van der Waals surface area contributed by atoms with E-state index in [1.807, 2.05) is 12.1 Å². The van der Waals surface area contributed by atoms with Gasteiger partial charge < -0.3 is 4.74 Å². The Hall–Kier alpha value is -1.46. The van der Waals surface area contributed by atoms with Gasteiger partial charge in [-0.05, 0) is 60.3 Å². The Morgan fingerprint density at radius 2 is 1.76 bits per heavy atom. The summed E-state index contributed by atoms with van der Waals surface area (Å²) in [6.07, 6.45) is 0.669. The second-order valence-electron chi connectivity index (χ2n) is 4.61. The molecule has 21 heavy (non-hydrogen) atoms. The first-order chi connectivity index (χ1) is 10.2. The van der Waals surface area contributed by atoms with Crippen molar-refractivity contribution >= 4 is 42.6 Å². The lowest BCUT2D eigenvalue weighted by molar-refractivity contribution is 0.415. The molecule has 0 bridgehead atoms. The van der Waals surface area contributed by atoms with Crippen molar-refractivity contribution in [2.45, 2.75) is 6.42 Å². The zero-order valence-electron chi connectivity index (χ0n) is 11.3. The van der Waals surface area contributed by atoms with Crippen molar-refractivity contribution < 1.29 is 4.74 Å². The number of aromatic nitrogens is 2. The van der Waals surface area contributed by atoms with Crippen LogP contribution in [0.3, 0.4) is 0 Å². The van der Waals surface area contributed by atoms with E-state index in [-0.39, 0.29) is 0 Å². The molecular weight excluding hydrogens is 396 g/mol. The summed E-state index contributed by atoms with van der Waals surface area (Å²) >= 11 is 6.80. The van der Waals surface area contributed by atoms with Crippen LogP contribution in [-0.2, 0) is 6.42 Å². The van der Waals surface area contributed by atoms with Gasteiger partial charge in [0.2, 0.25) is 0 Å². The van der Waals surface area contributed by atoms with Crippen LogP contribution in [0.5, 0.6) is 5.75 Å². The van der Waals surface area contributed by atoms with E-state index >= 15 is 0 Å². The van der Waals surface area contributed by atoms with Gasteiger partial charge in [0.05, 0.1) is 7.11 Å². The molecule has 2 aromatic carbocycles. The average Bonchev–Trinajstić information content (AvgIpc) is 2.46. The summed E-state index contributed by atoms with van der Waals surface area (Å²) in [6, 6.07) is 14.2. The summed E-state index contributed by atoms with van der Waals surface area (Å²) in [5, 5.41) is 2.35. The zero-order valence-corrected chi connectivity index (χ0v) is 14.5. The molecule has 0 unspecified atom stereocenters. The van der Waals surface area contributed by atoms with Gasteiger partial charge in [-0.25, -0.2) is 9.97 Å². The lowest BCUT2D eigenvalue weighted by Gasteiger charge is -2.08. The number of halogens is 2. The number of hydrogen-bond acceptors (Lipinski definition) is 3. The Kier molecular flexibility index (Phi) is 4.22. The number of hydrogen-bond donors (Lipinski definition) is 0. The van der Waals surface area contributed by atoms with Crippen molar-refractivity contribution in [1.82, 2.24) is 9.97 Å². The minimum absolute atomic E-state index is 0.669. The van der Waals surface area contributed by atoms with Crippen molar-refractivity contribution in [1.29, 1.82) is 0 Å². The van der Waals surface area contributed by atoms with E-state index in [2.05, 4.69) is 72.2 Å². The Balaban J connectivity index is 2.07. The van der Waals surface area contributed by atoms with E-state index in [1.165, 1.54) is 10.9 Å². The third kappa shape index (κ3) is 3.24. The predicted molar refractivity (Wildman–Crippen MR) is 90.7 cm³/mol. The standard InChI is InChI=1S/C16H12Br2N2O/c1-21-12-6-5-10-3-2-4-11(13(10)8-12)7-16-19-14(17)9-15(18)20-16/h2-6,8-9H,7H2,1H3. The van der Waals surface area contributed by atoms with Crippen molar-refractivity contribution in [2.75, 3.05) is 7.11 Å². The monoisotopic (exact) mass is 406 g/mol.